The molecule has 0 aliphatic heterocycles. The maximum atomic E-state index is 11.1. The third kappa shape index (κ3) is 4.02. The summed E-state index contributed by atoms with van der Waals surface area (Å²) in [6, 6.07) is 5.55. The zero-order valence-electron chi connectivity index (χ0n) is 13.3. The smallest absolute Gasteiger partial charge is 0.162 e. The van der Waals surface area contributed by atoms with Crippen molar-refractivity contribution in [3.05, 3.63) is 23.8 Å². The van der Waals surface area contributed by atoms with Crippen LogP contribution in [0.3, 0.4) is 0 Å². The Morgan fingerprint density at radius 2 is 1.32 bits per heavy atom. The van der Waals surface area contributed by atoms with Gasteiger partial charge in [-0.15, -0.1) is 0 Å². The lowest BCUT2D eigenvalue weighted by Gasteiger charge is -2.27. The summed E-state index contributed by atoms with van der Waals surface area (Å²) in [7, 11) is 0. The molecule has 0 N–H and O–H groups in total. The van der Waals surface area contributed by atoms with Crippen molar-refractivity contribution in [3.63, 3.8) is 0 Å². The molecule has 2 aliphatic carbocycles. The molecule has 3 nitrogen and oxygen atoms in total. The van der Waals surface area contributed by atoms with Gasteiger partial charge in [0, 0.05) is 5.56 Å². The van der Waals surface area contributed by atoms with Crippen LogP contribution in [0.4, 0.5) is 0 Å². The Morgan fingerprint density at radius 1 is 0.773 bits per heavy atom. The number of ether oxygens (including phenoxy) is 2. The number of hydrogen-bond acceptors (Lipinski definition) is 3. The molecule has 0 unspecified atom stereocenters. The van der Waals surface area contributed by atoms with Crippen LogP contribution < -0.4 is 9.47 Å². The van der Waals surface area contributed by atoms with Gasteiger partial charge in [0.05, 0.1) is 12.2 Å². The lowest BCUT2D eigenvalue weighted by atomic mass is 9.97. The van der Waals surface area contributed by atoms with Crippen LogP contribution in [0, 0.1) is 0 Å². The van der Waals surface area contributed by atoms with Gasteiger partial charge in [0.15, 0.2) is 11.5 Å². The highest BCUT2D eigenvalue weighted by Gasteiger charge is 2.20. The van der Waals surface area contributed by atoms with Crippen LogP contribution in [-0.4, -0.2) is 18.5 Å². The highest BCUT2D eigenvalue weighted by Crippen LogP contribution is 2.34. The monoisotopic (exact) mass is 302 g/mol. The van der Waals surface area contributed by atoms with Gasteiger partial charge in [-0.05, 0) is 69.6 Å². The standard InChI is InChI=1S/C19H26O3/c20-14-15-11-12-18(21-16-7-3-1-4-8-16)19(13-15)22-17-9-5-2-6-10-17/h11-14,16-17H,1-10H2. The van der Waals surface area contributed by atoms with Crippen molar-refractivity contribution in [1.29, 1.82) is 0 Å². The summed E-state index contributed by atoms with van der Waals surface area (Å²) in [5.74, 6) is 1.56. The second kappa shape index (κ2) is 7.66. The average Bonchev–Trinajstić information content (AvgIpc) is 2.58. The summed E-state index contributed by atoms with van der Waals surface area (Å²) in [5.41, 5.74) is 0.654. The van der Waals surface area contributed by atoms with Crippen molar-refractivity contribution < 1.29 is 14.3 Å². The Bertz CT molecular complexity index is 485. The van der Waals surface area contributed by atoms with Crippen molar-refractivity contribution >= 4 is 6.29 Å². The number of benzene rings is 1. The summed E-state index contributed by atoms with van der Waals surface area (Å²) >= 11 is 0. The minimum Gasteiger partial charge on any atom is -0.487 e. The molecule has 120 valence electrons. The number of aldehydes is 1. The van der Waals surface area contributed by atoms with Crippen LogP contribution in [0.1, 0.15) is 74.6 Å². The molecule has 2 saturated carbocycles. The zero-order chi connectivity index (χ0) is 15.2. The van der Waals surface area contributed by atoms with Crippen molar-refractivity contribution in [2.45, 2.75) is 76.4 Å². The van der Waals surface area contributed by atoms with E-state index in [1.165, 1.54) is 38.5 Å². The molecule has 0 spiro atoms. The van der Waals surface area contributed by atoms with Gasteiger partial charge in [-0.3, -0.25) is 4.79 Å². The average molecular weight is 302 g/mol. The fourth-order valence-electron chi connectivity index (χ4n) is 3.51. The SMILES string of the molecule is O=Cc1ccc(OC2CCCCC2)c(OC2CCCCC2)c1. The predicted octanol–water partition coefficient (Wildman–Crippen LogP) is 4.92. The molecular formula is C19H26O3. The van der Waals surface area contributed by atoms with Crippen LogP contribution in [0.25, 0.3) is 0 Å². The molecule has 2 fully saturated rings. The minimum absolute atomic E-state index is 0.268. The van der Waals surface area contributed by atoms with Crippen LogP contribution in [0.5, 0.6) is 11.5 Å². The summed E-state index contributed by atoms with van der Waals surface area (Å²) in [6.45, 7) is 0. The van der Waals surface area contributed by atoms with E-state index in [2.05, 4.69) is 0 Å². The lowest BCUT2D eigenvalue weighted by Crippen LogP contribution is -2.22. The summed E-state index contributed by atoms with van der Waals surface area (Å²) in [6.07, 6.45) is 13.5. The van der Waals surface area contributed by atoms with E-state index < -0.39 is 0 Å². The summed E-state index contributed by atoms with van der Waals surface area (Å²) in [4.78, 5) is 11.1. The van der Waals surface area contributed by atoms with Gasteiger partial charge in [0.25, 0.3) is 0 Å². The first-order valence-electron chi connectivity index (χ1n) is 8.78. The van der Waals surface area contributed by atoms with E-state index in [1.54, 1.807) is 0 Å². The number of rotatable bonds is 5. The molecule has 2 aliphatic rings. The Labute approximate surface area is 133 Å². The minimum atomic E-state index is 0.268. The second-order valence-corrected chi connectivity index (χ2v) is 6.58. The maximum absolute atomic E-state index is 11.1. The predicted molar refractivity (Wildman–Crippen MR) is 86.8 cm³/mol. The van der Waals surface area contributed by atoms with Crippen molar-refractivity contribution in [3.8, 4) is 11.5 Å². The number of carbonyl (C=O) groups is 1. The van der Waals surface area contributed by atoms with Crippen LogP contribution in [0.2, 0.25) is 0 Å². The van der Waals surface area contributed by atoms with Crippen LogP contribution >= 0.6 is 0 Å². The largest absolute Gasteiger partial charge is 0.487 e. The topological polar surface area (TPSA) is 35.5 Å². The second-order valence-electron chi connectivity index (χ2n) is 6.58. The third-order valence-corrected chi connectivity index (χ3v) is 4.80. The van der Waals surface area contributed by atoms with Gasteiger partial charge < -0.3 is 9.47 Å². The van der Waals surface area contributed by atoms with Gasteiger partial charge in [-0.2, -0.15) is 0 Å². The summed E-state index contributed by atoms with van der Waals surface area (Å²) in [5, 5.41) is 0. The highest BCUT2D eigenvalue weighted by atomic mass is 16.5. The van der Waals surface area contributed by atoms with E-state index in [1.807, 2.05) is 18.2 Å². The molecule has 0 saturated heterocycles. The van der Waals surface area contributed by atoms with Gasteiger partial charge in [0.2, 0.25) is 0 Å². The molecule has 0 bridgehead atoms. The van der Waals surface area contributed by atoms with Gasteiger partial charge in [-0.25, -0.2) is 0 Å². The van der Waals surface area contributed by atoms with Crippen molar-refractivity contribution in [2.75, 3.05) is 0 Å². The maximum Gasteiger partial charge on any atom is 0.162 e. The molecule has 3 heteroatoms. The molecule has 0 atom stereocenters. The number of carbonyl (C=O) groups excluding carboxylic acids is 1. The van der Waals surface area contributed by atoms with E-state index in [4.69, 9.17) is 9.47 Å². The van der Waals surface area contributed by atoms with E-state index in [9.17, 15) is 4.79 Å². The van der Waals surface area contributed by atoms with E-state index in [0.29, 0.717) is 11.7 Å². The molecule has 22 heavy (non-hydrogen) atoms. The molecule has 0 heterocycles. The van der Waals surface area contributed by atoms with E-state index in [-0.39, 0.29) is 6.10 Å². The first kappa shape index (κ1) is 15.4. The van der Waals surface area contributed by atoms with Crippen molar-refractivity contribution in [2.24, 2.45) is 0 Å². The van der Waals surface area contributed by atoms with E-state index >= 15 is 0 Å². The third-order valence-electron chi connectivity index (χ3n) is 4.80. The van der Waals surface area contributed by atoms with Crippen LogP contribution in [-0.2, 0) is 0 Å². The number of hydrogen-bond donors (Lipinski definition) is 0. The fraction of sp³-hybridized carbons (Fsp3) is 0.632. The highest BCUT2D eigenvalue weighted by molar-refractivity contribution is 5.76. The van der Waals surface area contributed by atoms with Crippen molar-refractivity contribution in [1.82, 2.24) is 0 Å². The normalized spacial score (nSPS) is 20.5. The molecule has 0 radical (unpaired) electrons. The van der Waals surface area contributed by atoms with E-state index in [0.717, 1.165) is 43.5 Å². The molecular weight excluding hydrogens is 276 g/mol. The zero-order valence-corrected chi connectivity index (χ0v) is 13.3. The van der Waals surface area contributed by atoms with Gasteiger partial charge in [0.1, 0.15) is 6.29 Å². The molecule has 1 aromatic carbocycles. The Balaban J connectivity index is 1.73. The van der Waals surface area contributed by atoms with Crippen LogP contribution in [0.15, 0.2) is 18.2 Å². The lowest BCUT2D eigenvalue weighted by molar-refractivity contribution is 0.111. The molecule has 0 aromatic heterocycles. The first-order chi connectivity index (χ1) is 10.8. The first-order valence-corrected chi connectivity index (χ1v) is 8.78. The Morgan fingerprint density at radius 3 is 1.86 bits per heavy atom. The molecule has 0 amide bonds. The van der Waals surface area contributed by atoms with Gasteiger partial charge in [-0.1, -0.05) is 12.8 Å². The Kier molecular flexibility index (Phi) is 5.36. The Hall–Kier alpha value is -1.51. The molecule has 3 rings (SSSR count). The summed E-state index contributed by atoms with van der Waals surface area (Å²) < 4.78 is 12.4. The quantitative estimate of drug-likeness (QED) is 0.724. The van der Waals surface area contributed by atoms with Gasteiger partial charge >= 0.3 is 0 Å². The molecule has 1 aromatic rings. The fourth-order valence-corrected chi connectivity index (χ4v) is 3.51.